The number of hydrogen-bond acceptors (Lipinski definition) is 5. The molecule has 1 fully saturated rings. The third kappa shape index (κ3) is 2.74. The summed E-state index contributed by atoms with van der Waals surface area (Å²) in [6, 6.07) is 1.62. The molecule has 0 radical (unpaired) electrons. The lowest BCUT2D eigenvalue weighted by molar-refractivity contribution is 0.145. The van der Waals surface area contributed by atoms with Crippen LogP contribution in [-0.4, -0.2) is 29.3 Å². The van der Waals surface area contributed by atoms with Crippen LogP contribution in [0, 0.1) is 0 Å². The number of hydrazine groups is 1. The number of anilines is 2. The molecule has 0 spiro atoms. The quantitative estimate of drug-likeness (QED) is 0.566. The highest BCUT2D eigenvalue weighted by Crippen LogP contribution is 2.32. The highest BCUT2D eigenvalue weighted by Gasteiger charge is 2.21. The Bertz CT molecular complexity index is 408. The fraction of sp³-hybridized carbons (Fsp3) is 0.500. The fourth-order valence-electron chi connectivity index (χ4n) is 1.86. The van der Waals surface area contributed by atoms with Gasteiger partial charge in [0.05, 0.1) is 16.1 Å². The molecule has 1 aromatic heterocycles. The molecule has 0 saturated carbocycles. The summed E-state index contributed by atoms with van der Waals surface area (Å²) < 4.78 is 0. The Labute approximate surface area is 109 Å². The largest absolute Gasteiger partial charge is 0.393 e. The van der Waals surface area contributed by atoms with Crippen molar-refractivity contribution < 1.29 is 5.11 Å². The van der Waals surface area contributed by atoms with E-state index in [1.54, 1.807) is 6.07 Å². The number of aliphatic hydroxyl groups excluding tert-OH is 1. The van der Waals surface area contributed by atoms with E-state index < -0.39 is 0 Å². The molecule has 0 aliphatic carbocycles. The molecule has 0 unspecified atom stereocenters. The summed E-state index contributed by atoms with van der Waals surface area (Å²) in [5.41, 5.74) is 2.43. The van der Waals surface area contributed by atoms with Gasteiger partial charge in [-0.15, -0.1) is 0 Å². The van der Waals surface area contributed by atoms with Crippen LogP contribution in [0.2, 0.25) is 10.0 Å². The first-order chi connectivity index (χ1) is 8.11. The molecule has 1 aliphatic rings. The Hall–Kier alpha value is -0.750. The zero-order chi connectivity index (χ0) is 12.4. The number of aliphatic hydroxyl groups is 1. The number of nitrogens with zero attached hydrogens (tertiary/aromatic N) is 2. The van der Waals surface area contributed by atoms with Gasteiger partial charge in [0.25, 0.3) is 0 Å². The number of piperidine rings is 1. The van der Waals surface area contributed by atoms with Gasteiger partial charge in [-0.05, 0) is 18.9 Å². The van der Waals surface area contributed by atoms with Crippen molar-refractivity contribution >= 4 is 34.8 Å². The minimum Gasteiger partial charge on any atom is -0.393 e. The molecule has 4 N–H and O–H groups in total. The van der Waals surface area contributed by atoms with Gasteiger partial charge >= 0.3 is 0 Å². The Morgan fingerprint density at radius 3 is 2.59 bits per heavy atom. The average Bonchev–Trinajstić information content (AvgIpc) is 2.31. The summed E-state index contributed by atoms with van der Waals surface area (Å²) in [6.07, 6.45) is 1.20. The summed E-state index contributed by atoms with van der Waals surface area (Å²) in [6.45, 7) is 1.44. The van der Waals surface area contributed by atoms with Gasteiger partial charge in [-0.1, -0.05) is 23.2 Å². The predicted molar refractivity (Wildman–Crippen MR) is 69.5 cm³/mol. The normalized spacial score (nSPS) is 17.3. The minimum atomic E-state index is -0.232. The second-order valence-corrected chi connectivity index (χ2v) is 4.80. The summed E-state index contributed by atoms with van der Waals surface area (Å²) in [4.78, 5) is 6.30. The smallest absolute Gasteiger partial charge is 0.161 e. The van der Waals surface area contributed by atoms with Gasteiger partial charge in [-0.3, -0.25) is 0 Å². The molecule has 0 amide bonds. The highest BCUT2D eigenvalue weighted by molar-refractivity contribution is 6.37. The number of rotatable bonds is 2. The molecule has 1 aliphatic heterocycles. The standard InChI is InChI=1S/C10H14Cl2N4O/c11-7-5-8(12)10(14-9(7)15-13)16-3-1-6(17)2-4-16/h5-6,17H,1-4,13H2,(H,14,15). The number of nitrogen functional groups attached to an aromatic ring is 1. The second-order valence-electron chi connectivity index (χ2n) is 3.99. The van der Waals surface area contributed by atoms with Gasteiger partial charge in [0, 0.05) is 13.1 Å². The number of nitrogens with two attached hydrogens (primary N) is 1. The Kier molecular flexibility index (Phi) is 3.93. The number of aromatic nitrogens is 1. The lowest BCUT2D eigenvalue weighted by atomic mass is 10.1. The van der Waals surface area contributed by atoms with Crippen molar-refractivity contribution in [2.24, 2.45) is 5.84 Å². The van der Waals surface area contributed by atoms with Gasteiger partial charge in [-0.2, -0.15) is 0 Å². The first-order valence-corrected chi connectivity index (χ1v) is 6.13. The first-order valence-electron chi connectivity index (χ1n) is 5.37. The molecular weight excluding hydrogens is 263 g/mol. The molecule has 17 heavy (non-hydrogen) atoms. The van der Waals surface area contributed by atoms with Crippen molar-refractivity contribution in [3.05, 3.63) is 16.1 Å². The van der Waals surface area contributed by atoms with Crippen LogP contribution in [0.1, 0.15) is 12.8 Å². The molecule has 2 rings (SSSR count). The first kappa shape index (κ1) is 12.7. The van der Waals surface area contributed by atoms with Crippen LogP contribution in [0.15, 0.2) is 6.07 Å². The minimum absolute atomic E-state index is 0.232. The Morgan fingerprint density at radius 1 is 1.35 bits per heavy atom. The molecule has 2 heterocycles. The van der Waals surface area contributed by atoms with Gasteiger partial charge in [-0.25, -0.2) is 10.8 Å². The molecule has 1 aromatic rings. The number of nitrogens with one attached hydrogen (secondary N) is 1. The van der Waals surface area contributed by atoms with E-state index >= 15 is 0 Å². The van der Waals surface area contributed by atoms with Crippen LogP contribution in [0.4, 0.5) is 11.6 Å². The van der Waals surface area contributed by atoms with Gasteiger partial charge in [0.1, 0.15) is 5.82 Å². The third-order valence-electron chi connectivity index (χ3n) is 2.81. The fourth-order valence-corrected chi connectivity index (χ4v) is 2.39. The second kappa shape index (κ2) is 5.27. The number of pyridine rings is 1. The van der Waals surface area contributed by atoms with E-state index in [0.29, 0.717) is 34.5 Å². The summed E-state index contributed by atoms with van der Waals surface area (Å²) in [5, 5.41) is 10.3. The van der Waals surface area contributed by atoms with Gasteiger partial charge in [0.15, 0.2) is 5.82 Å². The number of halogens is 2. The third-order valence-corrected chi connectivity index (χ3v) is 3.38. The highest BCUT2D eigenvalue weighted by atomic mass is 35.5. The lowest BCUT2D eigenvalue weighted by Gasteiger charge is -2.31. The predicted octanol–water partition coefficient (Wildman–Crippen LogP) is 1.64. The van der Waals surface area contributed by atoms with E-state index in [1.165, 1.54) is 0 Å². The molecule has 7 heteroatoms. The van der Waals surface area contributed by atoms with Crippen molar-refractivity contribution in [1.29, 1.82) is 0 Å². The SMILES string of the molecule is NNc1nc(N2CCC(O)CC2)c(Cl)cc1Cl. The van der Waals surface area contributed by atoms with Crippen LogP contribution in [0.3, 0.4) is 0 Å². The van der Waals surface area contributed by atoms with Crippen molar-refractivity contribution in [1.82, 2.24) is 4.98 Å². The number of hydrogen-bond donors (Lipinski definition) is 3. The van der Waals surface area contributed by atoms with Crippen molar-refractivity contribution in [3.8, 4) is 0 Å². The van der Waals surface area contributed by atoms with E-state index in [0.717, 1.165) is 13.1 Å². The average molecular weight is 277 g/mol. The topological polar surface area (TPSA) is 74.4 Å². The zero-order valence-electron chi connectivity index (χ0n) is 9.16. The van der Waals surface area contributed by atoms with Gasteiger partial charge in [0.2, 0.25) is 0 Å². The molecular formula is C10H14Cl2N4O. The lowest BCUT2D eigenvalue weighted by Crippen LogP contribution is -2.36. The van der Waals surface area contributed by atoms with Crippen LogP contribution in [-0.2, 0) is 0 Å². The summed E-state index contributed by atoms with van der Waals surface area (Å²) in [7, 11) is 0. The molecule has 0 bridgehead atoms. The maximum Gasteiger partial charge on any atom is 0.161 e. The maximum atomic E-state index is 9.45. The van der Waals surface area contributed by atoms with Crippen LogP contribution in [0.25, 0.3) is 0 Å². The van der Waals surface area contributed by atoms with Crippen molar-refractivity contribution in [2.75, 3.05) is 23.4 Å². The summed E-state index contributed by atoms with van der Waals surface area (Å²) in [5.74, 6) is 6.37. The molecule has 1 saturated heterocycles. The van der Waals surface area contributed by atoms with Crippen molar-refractivity contribution in [3.63, 3.8) is 0 Å². The van der Waals surface area contributed by atoms with E-state index in [4.69, 9.17) is 29.0 Å². The van der Waals surface area contributed by atoms with Crippen LogP contribution < -0.4 is 16.2 Å². The zero-order valence-corrected chi connectivity index (χ0v) is 10.7. The molecule has 94 valence electrons. The van der Waals surface area contributed by atoms with E-state index in [1.807, 2.05) is 4.90 Å². The Morgan fingerprint density at radius 2 is 2.00 bits per heavy atom. The molecule has 5 nitrogen and oxygen atoms in total. The van der Waals surface area contributed by atoms with Crippen LogP contribution >= 0.6 is 23.2 Å². The van der Waals surface area contributed by atoms with E-state index in [9.17, 15) is 5.11 Å². The monoisotopic (exact) mass is 276 g/mol. The van der Waals surface area contributed by atoms with Crippen molar-refractivity contribution in [2.45, 2.75) is 18.9 Å². The van der Waals surface area contributed by atoms with Crippen LogP contribution in [0.5, 0.6) is 0 Å². The summed E-state index contributed by atoms with van der Waals surface area (Å²) >= 11 is 12.0. The maximum absolute atomic E-state index is 9.45. The van der Waals surface area contributed by atoms with E-state index in [-0.39, 0.29) is 6.10 Å². The van der Waals surface area contributed by atoms with E-state index in [2.05, 4.69) is 10.4 Å². The van der Waals surface area contributed by atoms with Gasteiger partial charge < -0.3 is 15.4 Å². The molecule has 0 aromatic carbocycles. The molecule has 0 atom stereocenters. The Balaban J connectivity index is 2.25.